The van der Waals surface area contributed by atoms with E-state index in [1.54, 1.807) is 6.07 Å². The summed E-state index contributed by atoms with van der Waals surface area (Å²) in [7, 11) is 0. The summed E-state index contributed by atoms with van der Waals surface area (Å²) in [5, 5.41) is 12.5. The average molecular weight is 296 g/mol. The van der Waals surface area contributed by atoms with Crippen molar-refractivity contribution in [2.45, 2.75) is 19.1 Å². The Balaban J connectivity index is 1.90. The first-order valence-corrected chi connectivity index (χ1v) is 7.34. The number of nitrogens with one attached hydrogen (secondary N) is 1. The second-order valence-electron chi connectivity index (χ2n) is 5.46. The van der Waals surface area contributed by atoms with Gasteiger partial charge in [-0.25, -0.2) is 4.39 Å². The molecule has 1 N–H and O–H groups in total. The van der Waals surface area contributed by atoms with Gasteiger partial charge in [0.25, 0.3) is 0 Å². The predicted molar refractivity (Wildman–Crippen MR) is 82.7 cm³/mol. The summed E-state index contributed by atoms with van der Waals surface area (Å²) in [4.78, 5) is 0. The molecule has 3 rings (SSSR count). The number of hydrogen-bond donors (Lipinski definition) is 1. The van der Waals surface area contributed by atoms with Gasteiger partial charge in [-0.3, -0.25) is 0 Å². The van der Waals surface area contributed by atoms with Gasteiger partial charge < -0.3 is 10.1 Å². The van der Waals surface area contributed by atoms with Gasteiger partial charge in [0.2, 0.25) is 0 Å². The first-order chi connectivity index (χ1) is 10.7. The molecule has 112 valence electrons. The molecule has 0 amide bonds. The summed E-state index contributed by atoms with van der Waals surface area (Å²) in [6.07, 6.45) is 0.0338. The standard InChI is InChI=1S/C18H17FN2O/c1-12-18(22-9-8-21-12)14-4-2-13(3-5-14)17-7-6-16(19)10-15(17)11-20/h2-7,10,12,18,21H,8-9H2,1H3/t12-,18+/m0/s1. The second-order valence-corrected chi connectivity index (χ2v) is 5.46. The zero-order valence-corrected chi connectivity index (χ0v) is 12.3. The van der Waals surface area contributed by atoms with E-state index in [0.717, 1.165) is 23.2 Å². The molecule has 1 fully saturated rings. The minimum atomic E-state index is -0.396. The first-order valence-electron chi connectivity index (χ1n) is 7.34. The van der Waals surface area contributed by atoms with Gasteiger partial charge in [-0.1, -0.05) is 30.3 Å². The van der Waals surface area contributed by atoms with E-state index in [1.807, 2.05) is 30.3 Å². The SMILES string of the molecule is C[C@@H]1NCCO[C@H]1c1ccc(-c2ccc(F)cc2C#N)cc1. The largest absolute Gasteiger partial charge is 0.371 e. The Kier molecular flexibility index (Phi) is 4.19. The minimum absolute atomic E-state index is 0.0338. The fourth-order valence-electron chi connectivity index (χ4n) is 2.82. The number of halogens is 1. The Bertz CT molecular complexity index is 706. The van der Waals surface area contributed by atoms with Crippen LogP contribution < -0.4 is 5.32 Å². The molecule has 0 radical (unpaired) electrons. The third-order valence-electron chi connectivity index (χ3n) is 3.97. The van der Waals surface area contributed by atoms with Crippen LogP contribution in [0.4, 0.5) is 4.39 Å². The van der Waals surface area contributed by atoms with E-state index < -0.39 is 5.82 Å². The fraction of sp³-hybridized carbons (Fsp3) is 0.278. The van der Waals surface area contributed by atoms with Gasteiger partial charge in [0.1, 0.15) is 5.82 Å². The maximum absolute atomic E-state index is 13.2. The molecule has 0 aromatic heterocycles. The molecule has 0 unspecified atom stereocenters. The molecule has 2 atom stereocenters. The Morgan fingerprint density at radius 3 is 2.68 bits per heavy atom. The molecule has 2 aromatic rings. The van der Waals surface area contributed by atoms with Crippen LogP contribution in [-0.2, 0) is 4.74 Å². The molecule has 22 heavy (non-hydrogen) atoms. The fourth-order valence-corrected chi connectivity index (χ4v) is 2.82. The van der Waals surface area contributed by atoms with Crippen LogP contribution >= 0.6 is 0 Å². The van der Waals surface area contributed by atoms with Crippen LogP contribution in [0.25, 0.3) is 11.1 Å². The zero-order valence-electron chi connectivity index (χ0n) is 12.3. The number of hydrogen-bond acceptors (Lipinski definition) is 3. The minimum Gasteiger partial charge on any atom is -0.371 e. The van der Waals surface area contributed by atoms with Crippen LogP contribution in [0.5, 0.6) is 0 Å². The van der Waals surface area contributed by atoms with E-state index in [1.165, 1.54) is 12.1 Å². The quantitative estimate of drug-likeness (QED) is 0.923. The third kappa shape index (κ3) is 2.87. The molecular formula is C18H17FN2O. The van der Waals surface area contributed by atoms with Crippen LogP contribution in [-0.4, -0.2) is 19.2 Å². The molecule has 4 heteroatoms. The Morgan fingerprint density at radius 1 is 1.23 bits per heavy atom. The average Bonchev–Trinajstić information content (AvgIpc) is 2.55. The molecule has 0 spiro atoms. The van der Waals surface area contributed by atoms with Crippen LogP contribution in [0.2, 0.25) is 0 Å². The lowest BCUT2D eigenvalue weighted by Crippen LogP contribution is -2.41. The van der Waals surface area contributed by atoms with Crippen molar-refractivity contribution < 1.29 is 9.13 Å². The number of ether oxygens (including phenoxy) is 1. The van der Waals surface area contributed by atoms with Crippen LogP contribution in [0.15, 0.2) is 42.5 Å². The van der Waals surface area contributed by atoms with E-state index in [0.29, 0.717) is 12.2 Å². The summed E-state index contributed by atoms with van der Waals surface area (Å²) in [5.74, 6) is -0.396. The van der Waals surface area contributed by atoms with Gasteiger partial charge in [-0.2, -0.15) is 5.26 Å². The highest BCUT2D eigenvalue weighted by molar-refractivity contribution is 5.70. The summed E-state index contributed by atoms with van der Waals surface area (Å²) in [5.41, 5.74) is 3.09. The smallest absolute Gasteiger partial charge is 0.124 e. The summed E-state index contributed by atoms with van der Waals surface area (Å²) >= 11 is 0. The number of morpholine rings is 1. The molecule has 1 saturated heterocycles. The second kappa shape index (κ2) is 6.27. The van der Waals surface area contributed by atoms with Crippen molar-refractivity contribution in [1.29, 1.82) is 5.26 Å². The van der Waals surface area contributed by atoms with E-state index in [4.69, 9.17) is 10.00 Å². The highest BCUT2D eigenvalue weighted by atomic mass is 19.1. The highest BCUT2D eigenvalue weighted by Crippen LogP contribution is 2.28. The molecule has 1 heterocycles. The lowest BCUT2D eigenvalue weighted by Gasteiger charge is -2.30. The van der Waals surface area contributed by atoms with Crippen molar-refractivity contribution in [1.82, 2.24) is 5.32 Å². The summed E-state index contributed by atoms with van der Waals surface area (Å²) in [6, 6.07) is 14.5. The van der Waals surface area contributed by atoms with Crippen molar-refractivity contribution in [3.63, 3.8) is 0 Å². The Morgan fingerprint density at radius 2 is 2.00 bits per heavy atom. The van der Waals surface area contributed by atoms with E-state index in [2.05, 4.69) is 12.2 Å². The van der Waals surface area contributed by atoms with Gasteiger partial charge in [-0.15, -0.1) is 0 Å². The number of nitrogens with zero attached hydrogens (tertiary/aromatic N) is 1. The maximum Gasteiger partial charge on any atom is 0.124 e. The highest BCUT2D eigenvalue weighted by Gasteiger charge is 2.23. The third-order valence-corrected chi connectivity index (χ3v) is 3.97. The molecular weight excluding hydrogens is 279 g/mol. The van der Waals surface area contributed by atoms with Crippen molar-refractivity contribution in [3.05, 3.63) is 59.4 Å². The van der Waals surface area contributed by atoms with Gasteiger partial charge in [0, 0.05) is 12.6 Å². The van der Waals surface area contributed by atoms with Crippen LogP contribution in [0.3, 0.4) is 0 Å². The molecule has 1 aliphatic heterocycles. The lowest BCUT2D eigenvalue weighted by atomic mass is 9.96. The Labute approximate surface area is 129 Å². The van der Waals surface area contributed by atoms with Gasteiger partial charge in [0.05, 0.1) is 24.3 Å². The predicted octanol–water partition coefficient (Wildman–Crippen LogP) is 3.41. The molecule has 0 aliphatic carbocycles. The molecule has 0 saturated carbocycles. The molecule has 0 bridgehead atoms. The van der Waals surface area contributed by atoms with Crippen molar-refractivity contribution in [3.8, 4) is 17.2 Å². The Hall–Kier alpha value is -2.22. The van der Waals surface area contributed by atoms with Crippen LogP contribution in [0, 0.1) is 17.1 Å². The number of nitriles is 1. The van der Waals surface area contributed by atoms with Gasteiger partial charge in [-0.05, 0) is 35.7 Å². The van der Waals surface area contributed by atoms with E-state index >= 15 is 0 Å². The normalized spacial score (nSPS) is 21.3. The van der Waals surface area contributed by atoms with Gasteiger partial charge >= 0.3 is 0 Å². The van der Waals surface area contributed by atoms with Crippen molar-refractivity contribution in [2.24, 2.45) is 0 Å². The molecule has 2 aromatic carbocycles. The summed E-state index contributed by atoms with van der Waals surface area (Å²) < 4.78 is 19.0. The molecule has 3 nitrogen and oxygen atoms in total. The molecule has 1 aliphatic rings. The number of benzene rings is 2. The monoisotopic (exact) mass is 296 g/mol. The maximum atomic E-state index is 13.2. The number of rotatable bonds is 2. The first kappa shape index (κ1) is 14.7. The van der Waals surface area contributed by atoms with Crippen molar-refractivity contribution >= 4 is 0 Å². The summed E-state index contributed by atoms with van der Waals surface area (Å²) in [6.45, 7) is 3.68. The lowest BCUT2D eigenvalue weighted by molar-refractivity contribution is -0.000215. The topological polar surface area (TPSA) is 45.0 Å². The van der Waals surface area contributed by atoms with E-state index in [-0.39, 0.29) is 12.1 Å². The van der Waals surface area contributed by atoms with E-state index in [9.17, 15) is 4.39 Å². The van der Waals surface area contributed by atoms with Crippen LogP contribution in [0.1, 0.15) is 24.2 Å². The zero-order chi connectivity index (χ0) is 15.5. The van der Waals surface area contributed by atoms with Crippen molar-refractivity contribution in [2.75, 3.05) is 13.2 Å². The van der Waals surface area contributed by atoms with Gasteiger partial charge in [0.15, 0.2) is 0 Å².